The number of carbonyl (C=O) groups excluding carboxylic acids is 3. The number of alkyl halides is 2. The minimum absolute atomic E-state index is 0.0735. The van der Waals surface area contributed by atoms with E-state index in [1.165, 1.54) is 0 Å². The van der Waals surface area contributed by atoms with Crippen molar-refractivity contribution in [2.45, 2.75) is 132 Å². The van der Waals surface area contributed by atoms with Gasteiger partial charge in [-0.3, -0.25) is 19.4 Å². The smallest absolute Gasteiger partial charge is 0.408 e. The fraction of sp³-hybridized carbons (Fsp3) is 0.491. The molecule has 10 nitrogen and oxygen atoms in total. The predicted molar refractivity (Wildman–Crippen MR) is 254 cm³/mol. The molecule has 0 unspecified atom stereocenters. The van der Waals surface area contributed by atoms with Gasteiger partial charge in [0.2, 0.25) is 0 Å². The second-order valence-electron chi connectivity index (χ2n) is 19.0. The largest absolute Gasteiger partial charge is 0.466 e. The number of aryl methyl sites for hydroxylation is 6. The van der Waals surface area contributed by atoms with E-state index in [2.05, 4.69) is 39.4 Å². The zero-order valence-electron chi connectivity index (χ0n) is 40.9. The van der Waals surface area contributed by atoms with Gasteiger partial charge in [0.05, 0.1) is 32.1 Å². The lowest BCUT2D eigenvalue weighted by Crippen LogP contribution is -2.47. The average Bonchev–Trinajstić information content (AvgIpc) is 3.18. The molecule has 14 heteroatoms. The highest BCUT2D eigenvalue weighted by atomic mass is 19.1. The van der Waals surface area contributed by atoms with Gasteiger partial charge in [0.1, 0.15) is 29.6 Å². The molecule has 2 aliphatic heterocycles. The molecule has 2 saturated heterocycles. The van der Waals surface area contributed by atoms with Crippen LogP contribution < -0.4 is 11.1 Å². The number of nitrogens with one attached hydrogen (secondary N) is 1. The van der Waals surface area contributed by atoms with Gasteiger partial charge in [-0.05, 0) is 167 Å². The number of nitrogens with zero attached hydrogens (tertiary/aromatic N) is 2. The SMILES string of the molecule is CCOC(=O)C[C@H](N)c1cc(-c2c(C)cc(CN3CC(F)C3)cc2C)cc(C)c1F.CCOC(=O)C[C@H](NC(=O)OC(C)(C)C)c1cc(-c2c(C)cc(CN3CC(F)C3)cc2C)cc(C)c1F. The fourth-order valence-corrected chi connectivity index (χ4v) is 8.98. The van der Waals surface area contributed by atoms with Gasteiger partial charge in [-0.25, -0.2) is 22.4 Å². The summed E-state index contributed by atoms with van der Waals surface area (Å²) in [7, 11) is 0. The van der Waals surface area contributed by atoms with Crippen molar-refractivity contribution in [3.05, 3.63) is 116 Å². The third-order valence-corrected chi connectivity index (χ3v) is 11.8. The first-order valence-corrected chi connectivity index (χ1v) is 23.1. The van der Waals surface area contributed by atoms with E-state index >= 15 is 4.39 Å². The van der Waals surface area contributed by atoms with Crippen LogP contribution in [0.3, 0.4) is 0 Å². The summed E-state index contributed by atoms with van der Waals surface area (Å²) in [5.41, 5.74) is 16.8. The maximum absolute atomic E-state index is 15.5. The molecule has 2 heterocycles. The maximum atomic E-state index is 15.5. The van der Waals surface area contributed by atoms with E-state index in [9.17, 15) is 27.6 Å². The maximum Gasteiger partial charge on any atom is 0.408 e. The molecular formula is C53H68F4N4O6. The number of nitrogens with two attached hydrogens (primary N) is 1. The number of amides is 1. The summed E-state index contributed by atoms with van der Waals surface area (Å²) in [5, 5.41) is 2.66. The van der Waals surface area contributed by atoms with Crippen molar-refractivity contribution < 1.29 is 46.2 Å². The van der Waals surface area contributed by atoms with Crippen molar-refractivity contribution >= 4 is 18.0 Å². The van der Waals surface area contributed by atoms with Crippen molar-refractivity contribution in [1.29, 1.82) is 0 Å². The second kappa shape index (κ2) is 22.7. The number of alkyl carbamates (subject to hydrolysis) is 1. The van der Waals surface area contributed by atoms with Crippen LogP contribution in [0.5, 0.6) is 0 Å². The summed E-state index contributed by atoms with van der Waals surface area (Å²) in [6.07, 6.45) is -2.53. The third kappa shape index (κ3) is 14.1. The van der Waals surface area contributed by atoms with E-state index in [1.807, 2.05) is 33.8 Å². The van der Waals surface area contributed by atoms with Gasteiger partial charge in [0.25, 0.3) is 0 Å². The molecule has 0 aliphatic carbocycles. The first-order valence-electron chi connectivity index (χ1n) is 23.1. The summed E-state index contributed by atoms with van der Waals surface area (Å²) >= 11 is 0. The Morgan fingerprint density at radius 2 is 1.03 bits per heavy atom. The van der Waals surface area contributed by atoms with E-state index < -0.39 is 53.9 Å². The van der Waals surface area contributed by atoms with Crippen LogP contribution in [0.1, 0.15) is 115 Å². The standard InChI is InChI=1S/C29H38F2N2O4.C24H30F2N2O2/c1-8-36-25(34)13-24(32-28(35)37-29(5,6)7)23-12-21(11-19(4)27(23)31)26-17(2)9-20(10-18(26)3)14-33-15-22(30)16-33;1-5-30-22(29)10-21(27)20-9-18(8-16(4)24(20)26)23-14(2)6-17(7-15(23)3)11-28-12-19(25)13-28/h9-12,22,24H,8,13-16H2,1-7H3,(H,32,35);6-9,19,21H,5,10-13,27H2,1-4H3/t24-;21-/m00/s1. The van der Waals surface area contributed by atoms with E-state index in [-0.39, 0.29) is 37.4 Å². The number of likely N-dealkylation sites (tertiary alicyclic amines) is 2. The Bertz CT molecular complexity index is 2380. The Morgan fingerprint density at radius 3 is 1.42 bits per heavy atom. The summed E-state index contributed by atoms with van der Waals surface area (Å²) in [5.74, 6) is -1.88. The molecule has 2 fully saturated rings. The van der Waals surface area contributed by atoms with Crippen LogP contribution >= 0.6 is 0 Å². The molecule has 364 valence electrons. The molecule has 2 atom stereocenters. The van der Waals surface area contributed by atoms with Gasteiger partial charge in [-0.1, -0.05) is 24.3 Å². The minimum atomic E-state index is -0.979. The highest BCUT2D eigenvalue weighted by Gasteiger charge is 2.29. The van der Waals surface area contributed by atoms with Crippen LogP contribution in [0.15, 0.2) is 48.5 Å². The van der Waals surface area contributed by atoms with Crippen LogP contribution in [-0.4, -0.2) is 85.2 Å². The number of benzene rings is 4. The van der Waals surface area contributed by atoms with Crippen molar-refractivity contribution in [2.24, 2.45) is 5.73 Å². The molecule has 1 amide bonds. The van der Waals surface area contributed by atoms with Gasteiger partial charge >= 0.3 is 18.0 Å². The monoisotopic (exact) mass is 933 g/mol. The predicted octanol–water partition coefficient (Wildman–Crippen LogP) is 10.6. The lowest BCUT2D eigenvalue weighted by atomic mass is 9.89. The van der Waals surface area contributed by atoms with Gasteiger partial charge < -0.3 is 25.3 Å². The molecular weight excluding hydrogens is 865 g/mol. The van der Waals surface area contributed by atoms with Crippen molar-refractivity contribution in [3.63, 3.8) is 0 Å². The Kier molecular flexibility index (Phi) is 17.8. The summed E-state index contributed by atoms with van der Waals surface area (Å²) in [6.45, 7) is 23.7. The topological polar surface area (TPSA) is 123 Å². The molecule has 0 aromatic heterocycles. The first kappa shape index (κ1) is 52.7. The Labute approximate surface area is 393 Å². The molecule has 67 heavy (non-hydrogen) atoms. The zero-order valence-corrected chi connectivity index (χ0v) is 40.9. The van der Waals surface area contributed by atoms with Crippen LogP contribution in [-0.2, 0) is 36.9 Å². The Balaban J connectivity index is 0.000000256. The van der Waals surface area contributed by atoms with Gasteiger partial charge in [-0.15, -0.1) is 0 Å². The summed E-state index contributed by atoms with van der Waals surface area (Å²) in [4.78, 5) is 40.9. The molecule has 0 radical (unpaired) electrons. The number of hydrogen-bond acceptors (Lipinski definition) is 9. The van der Waals surface area contributed by atoms with Crippen LogP contribution in [0.4, 0.5) is 22.4 Å². The highest BCUT2D eigenvalue weighted by Crippen LogP contribution is 2.36. The number of ether oxygens (including phenoxy) is 3. The van der Waals surface area contributed by atoms with Gasteiger partial charge in [0.15, 0.2) is 0 Å². The molecule has 3 N–H and O–H groups in total. The van der Waals surface area contributed by atoms with Crippen LogP contribution in [0, 0.1) is 53.2 Å². The van der Waals surface area contributed by atoms with E-state index in [4.69, 9.17) is 19.9 Å². The number of rotatable bonds is 15. The normalized spacial score (nSPS) is 15.4. The molecule has 4 aromatic carbocycles. The van der Waals surface area contributed by atoms with Gasteiger partial charge in [0, 0.05) is 56.4 Å². The molecule has 4 aromatic rings. The number of halogens is 4. The van der Waals surface area contributed by atoms with E-state index in [1.54, 1.807) is 66.7 Å². The molecule has 6 rings (SSSR count). The molecule has 0 saturated carbocycles. The van der Waals surface area contributed by atoms with Crippen LogP contribution in [0.25, 0.3) is 22.3 Å². The lowest BCUT2D eigenvalue weighted by molar-refractivity contribution is -0.144. The van der Waals surface area contributed by atoms with Crippen molar-refractivity contribution in [3.8, 4) is 22.3 Å². The molecule has 0 spiro atoms. The Hall–Kier alpha value is -5.31. The molecule has 2 aliphatic rings. The third-order valence-electron chi connectivity index (χ3n) is 11.8. The lowest BCUT2D eigenvalue weighted by Gasteiger charge is -2.34. The van der Waals surface area contributed by atoms with Crippen LogP contribution in [0.2, 0.25) is 0 Å². The second-order valence-corrected chi connectivity index (χ2v) is 19.0. The van der Waals surface area contributed by atoms with Gasteiger partial charge in [-0.2, -0.15) is 0 Å². The minimum Gasteiger partial charge on any atom is -0.466 e. The number of carbonyl (C=O) groups is 3. The summed E-state index contributed by atoms with van der Waals surface area (Å²) in [6, 6.07) is 13.6. The van der Waals surface area contributed by atoms with Crippen molar-refractivity contribution in [1.82, 2.24) is 15.1 Å². The quantitative estimate of drug-likeness (QED) is 0.0681. The number of hydrogen-bond donors (Lipinski definition) is 2. The van der Waals surface area contributed by atoms with E-state index in [0.717, 1.165) is 62.2 Å². The first-order chi connectivity index (χ1) is 31.5. The Morgan fingerprint density at radius 1 is 0.642 bits per heavy atom. The summed E-state index contributed by atoms with van der Waals surface area (Å²) < 4.78 is 72.0. The number of esters is 2. The molecule has 0 bridgehead atoms. The fourth-order valence-electron chi connectivity index (χ4n) is 8.98. The highest BCUT2D eigenvalue weighted by molar-refractivity contribution is 5.77. The zero-order chi connectivity index (χ0) is 49.5. The van der Waals surface area contributed by atoms with Crippen molar-refractivity contribution in [2.75, 3.05) is 39.4 Å². The van der Waals surface area contributed by atoms with E-state index in [0.29, 0.717) is 49.4 Å². The average molecular weight is 933 g/mol.